The summed E-state index contributed by atoms with van der Waals surface area (Å²) in [5.41, 5.74) is 3.36. The van der Waals surface area contributed by atoms with Crippen LogP contribution in [0.1, 0.15) is 33.6 Å². The third kappa shape index (κ3) is 3.60. The third-order valence-corrected chi connectivity index (χ3v) is 5.44. The largest absolute Gasteiger partial charge is 0.370 e. The van der Waals surface area contributed by atoms with Crippen molar-refractivity contribution >= 4 is 17.1 Å². The average molecular weight is 410 g/mol. The van der Waals surface area contributed by atoms with Gasteiger partial charge in [0, 0.05) is 30.5 Å². The molecule has 3 aromatic heterocycles. The molecule has 0 spiro atoms. The molecule has 1 aliphatic heterocycles. The van der Waals surface area contributed by atoms with E-state index in [9.17, 15) is 5.26 Å². The van der Waals surface area contributed by atoms with E-state index in [2.05, 4.69) is 53.5 Å². The van der Waals surface area contributed by atoms with Gasteiger partial charge in [-0.05, 0) is 17.9 Å². The molecule has 0 aliphatic carbocycles. The molecule has 0 unspecified atom stereocenters. The van der Waals surface area contributed by atoms with Crippen molar-refractivity contribution in [2.75, 3.05) is 13.1 Å². The van der Waals surface area contributed by atoms with Gasteiger partial charge in [-0.3, -0.25) is 4.68 Å². The number of halogens is 1. The quantitative estimate of drug-likeness (QED) is 0.633. The number of fused-ring (bicyclic) bond motifs is 1. The molecule has 1 aliphatic rings. The summed E-state index contributed by atoms with van der Waals surface area (Å²) in [6.45, 7) is 12.3. The Kier molecular flexibility index (Phi) is 4.62. The highest BCUT2D eigenvalue weighted by atomic mass is 35.5. The zero-order valence-corrected chi connectivity index (χ0v) is 17.7. The van der Waals surface area contributed by atoms with Crippen LogP contribution in [-0.2, 0) is 5.54 Å². The predicted molar refractivity (Wildman–Crippen MR) is 112 cm³/mol. The molecule has 0 atom stereocenters. The number of hydrogen-bond donors (Lipinski definition) is 0. The lowest BCUT2D eigenvalue weighted by atomic mass is 9.83. The van der Waals surface area contributed by atoms with E-state index in [1.165, 1.54) is 0 Å². The Bertz CT molecular complexity index is 1110. The first kappa shape index (κ1) is 19.5. The highest BCUT2D eigenvalue weighted by Crippen LogP contribution is 2.38. The van der Waals surface area contributed by atoms with Crippen LogP contribution in [0.3, 0.4) is 0 Å². The molecular formula is C21H24ClN7. The Balaban J connectivity index is 1.61. The highest BCUT2D eigenvalue weighted by molar-refractivity contribution is 6.29. The van der Waals surface area contributed by atoms with Gasteiger partial charge in [-0.15, -0.1) is 0 Å². The molecule has 0 aromatic carbocycles. The van der Waals surface area contributed by atoms with Crippen molar-refractivity contribution in [3.05, 3.63) is 48.3 Å². The Morgan fingerprint density at radius 2 is 2.07 bits per heavy atom. The minimum Gasteiger partial charge on any atom is -0.370 e. The SMILES string of the molecule is C=C(CC(C)(C)C)N1CC(CC#N)(n2cc(-c3nc(Cl)cn4nccc34)cn2)C1. The summed E-state index contributed by atoms with van der Waals surface area (Å²) >= 11 is 6.16. The number of likely N-dealkylation sites (tertiary alicyclic amines) is 1. The second-order valence-electron chi connectivity index (χ2n) is 8.97. The molecule has 0 amide bonds. The highest BCUT2D eigenvalue weighted by Gasteiger charge is 2.46. The lowest BCUT2D eigenvalue weighted by Gasteiger charge is -2.51. The lowest BCUT2D eigenvalue weighted by molar-refractivity contribution is 0.0268. The van der Waals surface area contributed by atoms with Crippen LogP contribution in [-0.4, -0.2) is 42.4 Å². The molecule has 7 nitrogen and oxygen atoms in total. The molecule has 1 fully saturated rings. The summed E-state index contributed by atoms with van der Waals surface area (Å²) in [7, 11) is 0. The van der Waals surface area contributed by atoms with Gasteiger partial charge in [0.25, 0.3) is 0 Å². The molecule has 0 radical (unpaired) electrons. The van der Waals surface area contributed by atoms with E-state index in [-0.39, 0.29) is 11.0 Å². The molecule has 0 bridgehead atoms. The zero-order valence-electron chi connectivity index (χ0n) is 16.9. The second kappa shape index (κ2) is 6.89. The normalized spacial score (nSPS) is 15.9. The van der Waals surface area contributed by atoms with Gasteiger partial charge in [-0.1, -0.05) is 39.0 Å². The molecule has 8 heteroatoms. The van der Waals surface area contributed by atoms with Crippen LogP contribution in [0.2, 0.25) is 5.15 Å². The number of rotatable bonds is 5. The maximum Gasteiger partial charge on any atom is 0.148 e. The molecule has 3 aromatic rings. The standard InChI is InChI=1S/C21H24ClN7/c1-15(9-20(2,3)4)27-13-21(14-27,6-7-23)29-11-16(10-25-29)19-17-5-8-24-28(17)12-18(22)26-19/h5,8,10-12H,1,6,9,13-14H2,2-4H3. The fraction of sp³-hybridized carbons (Fsp3) is 0.429. The first-order valence-corrected chi connectivity index (χ1v) is 9.94. The van der Waals surface area contributed by atoms with Crippen LogP contribution >= 0.6 is 11.6 Å². The smallest absolute Gasteiger partial charge is 0.148 e. The monoisotopic (exact) mass is 409 g/mol. The lowest BCUT2D eigenvalue weighted by Crippen LogP contribution is -2.62. The summed E-state index contributed by atoms with van der Waals surface area (Å²) in [6.07, 6.45) is 8.42. The van der Waals surface area contributed by atoms with Crippen LogP contribution < -0.4 is 0 Å². The summed E-state index contributed by atoms with van der Waals surface area (Å²) in [5, 5.41) is 18.6. The number of aromatic nitrogens is 5. The molecule has 4 rings (SSSR count). The van der Waals surface area contributed by atoms with E-state index in [0.29, 0.717) is 11.6 Å². The average Bonchev–Trinajstić information content (AvgIpc) is 3.24. The maximum atomic E-state index is 9.44. The number of nitrogens with zero attached hydrogens (tertiary/aromatic N) is 7. The van der Waals surface area contributed by atoms with E-state index < -0.39 is 0 Å². The number of nitriles is 1. The van der Waals surface area contributed by atoms with E-state index >= 15 is 0 Å². The van der Waals surface area contributed by atoms with Crippen LogP contribution in [0.15, 0.2) is 43.1 Å². The maximum absolute atomic E-state index is 9.44. The Labute approximate surface area is 175 Å². The van der Waals surface area contributed by atoms with E-state index in [0.717, 1.165) is 42.0 Å². The minimum atomic E-state index is -0.358. The van der Waals surface area contributed by atoms with Gasteiger partial charge in [0.1, 0.15) is 16.4 Å². The summed E-state index contributed by atoms with van der Waals surface area (Å²) in [5.74, 6) is 0. The van der Waals surface area contributed by atoms with E-state index in [1.54, 1.807) is 23.1 Å². The van der Waals surface area contributed by atoms with Crippen molar-refractivity contribution in [3.8, 4) is 17.3 Å². The van der Waals surface area contributed by atoms with E-state index in [4.69, 9.17) is 11.6 Å². The Morgan fingerprint density at radius 1 is 1.31 bits per heavy atom. The molecule has 150 valence electrons. The van der Waals surface area contributed by atoms with Crippen molar-refractivity contribution in [1.82, 2.24) is 29.3 Å². The zero-order chi connectivity index (χ0) is 20.8. The molecule has 4 heterocycles. The van der Waals surface area contributed by atoms with Crippen LogP contribution in [0.25, 0.3) is 16.8 Å². The Hall–Kier alpha value is -2.85. The predicted octanol–water partition coefficient (Wildman–Crippen LogP) is 4.12. The first-order valence-electron chi connectivity index (χ1n) is 9.56. The van der Waals surface area contributed by atoms with Crippen molar-refractivity contribution < 1.29 is 0 Å². The van der Waals surface area contributed by atoms with Crippen molar-refractivity contribution in [2.45, 2.75) is 39.2 Å². The van der Waals surface area contributed by atoms with Gasteiger partial charge in [0.05, 0.1) is 36.6 Å². The third-order valence-electron chi connectivity index (χ3n) is 5.26. The Morgan fingerprint density at radius 3 is 2.76 bits per heavy atom. The summed E-state index contributed by atoms with van der Waals surface area (Å²) in [4.78, 5) is 6.72. The molecule has 1 saturated heterocycles. The van der Waals surface area contributed by atoms with Gasteiger partial charge in [-0.2, -0.15) is 15.5 Å². The van der Waals surface area contributed by atoms with E-state index in [1.807, 2.05) is 16.9 Å². The summed E-state index contributed by atoms with van der Waals surface area (Å²) < 4.78 is 3.61. The number of hydrogen-bond acceptors (Lipinski definition) is 5. The topological polar surface area (TPSA) is 75.0 Å². The second-order valence-corrected chi connectivity index (χ2v) is 9.35. The van der Waals surface area contributed by atoms with Crippen LogP contribution in [0.5, 0.6) is 0 Å². The minimum absolute atomic E-state index is 0.179. The fourth-order valence-electron chi connectivity index (χ4n) is 3.91. The van der Waals surface area contributed by atoms with Gasteiger partial charge < -0.3 is 4.90 Å². The van der Waals surface area contributed by atoms with Gasteiger partial charge in [-0.25, -0.2) is 9.50 Å². The van der Waals surface area contributed by atoms with Crippen LogP contribution in [0, 0.1) is 16.7 Å². The van der Waals surface area contributed by atoms with Gasteiger partial charge in [0.2, 0.25) is 0 Å². The molecule has 29 heavy (non-hydrogen) atoms. The summed E-state index contributed by atoms with van der Waals surface area (Å²) in [6, 6.07) is 4.22. The first-order chi connectivity index (χ1) is 13.7. The molecule has 0 N–H and O–H groups in total. The fourth-order valence-corrected chi connectivity index (χ4v) is 4.09. The van der Waals surface area contributed by atoms with Gasteiger partial charge in [0.15, 0.2) is 0 Å². The van der Waals surface area contributed by atoms with Crippen molar-refractivity contribution in [3.63, 3.8) is 0 Å². The molecule has 0 saturated carbocycles. The van der Waals surface area contributed by atoms with Crippen LogP contribution in [0.4, 0.5) is 0 Å². The van der Waals surface area contributed by atoms with Gasteiger partial charge >= 0.3 is 0 Å². The number of allylic oxidation sites excluding steroid dienone is 1. The molecular weight excluding hydrogens is 386 g/mol. The van der Waals surface area contributed by atoms with Crippen molar-refractivity contribution in [2.24, 2.45) is 5.41 Å². The van der Waals surface area contributed by atoms with Crippen molar-refractivity contribution in [1.29, 1.82) is 5.26 Å².